The van der Waals surface area contributed by atoms with Crippen LogP contribution in [-0.2, 0) is 0 Å². The molecule has 0 aromatic carbocycles. The summed E-state index contributed by atoms with van der Waals surface area (Å²) in [7, 11) is 0. The third kappa shape index (κ3) is 1.28. The lowest BCUT2D eigenvalue weighted by atomic mass is 10.5. The van der Waals surface area contributed by atoms with Crippen molar-refractivity contribution in [1.82, 2.24) is 4.90 Å². The van der Waals surface area contributed by atoms with Crippen LogP contribution in [0, 0.1) is 0 Å². The molecule has 0 bridgehead atoms. The van der Waals surface area contributed by atoms with Crippen molar-refractivity contribution in [1.29, 1.82) is 0 Å². The van der Waals surface area contributed by atoms with Gasteiger partial charge in [0.2, 0.25) is 0 Å². The molecule has 12 heavy (non-hydrogen) atoms. The van der Waals surface area contributed by atoms with Crippen molar-refractivity contribution in [2.75, 3.05) is 6.54 Å². The molecule has 1 fully saturated rings. The van der Waals surface area contributed by atoms with E-state index in [2.05, 4.69) is 23.7 Å². The van der Waals surface area contributed by atoms with Crippen LogP contribution in [0.1, 0.15) is 13.8 Å². The molecule has 2 aliphatic heterocycles. The maximum Gasteiger partial charge on any atom is 0.139 e. The summed E-state index contributed by atoms with van der Waals surface area (Å²) < 4.78 is 1.01. The zero-order chi connectivity index (χ0) is 8.72. The van der Waals surface area contributed by atoms with Crippen LogP contribution < -0.4 is 0 Å². The molecule has 0 aromatic heterocycles. The van der Waals surface area contributed by atoms with Gasteiger partial charge in [0.15, 0.2) is 0 Å². The Morgan fingerprint density at radius 2 is 2.33 bits per heavy atom. The largest absolute Gasteiger partial charge is 0.342 e. The Bertz CT molecular complexity index is 251. The monoisotopic (exact) mass is 218 g/mol. The molecule has 66 valence electrons. The SMILES string of the molecule is CCN1C(=S)S[C@@H]2N=C(C)S[C@@H]21. The van der Waals surface area contributed by atoms with E-state index in [-0.39, 0.29) is 0 Å². The van der Waals surface area contributed by atoms with Gasteiger partial charge >= 0.3 is 0 Å². The molecule has 2 aliphatic rings. The fourth-order valence-corrected chi connectivity index (χ4v) is 4.61. The topological polar surface area (TPSA) is 15.6 Å². The lowest BCUT2D eigenvalue weighted by molar-refractivity contribution is 0.440. The third-order valence-corrected chi connectivity index (χ3v) is 4.88. The Morgan fingerprint density at radius 1 is 1.58 bits per heavy atom. The molecule has 0 saturated carbocycles. The number of hydrogen-bond acceptors (Lipinski definition) is 4. The van der Waals surface area contributed by atoms with Gasteiger partial charge in [0, 0.05) is 6.54 Å². The summed E-state index contributed by atoms with van der Waals surface area (Å²) >= 11 is 8.80. The van der Waals surface area contributed by atoms with Gasteiger partial charge in [0.25, 0.3) is 0 Å². The highest BCUT2D eigenvalue weighted by Crippen LogP contribution is 2.43. The highest BCUT2D eigenvalue weighted by Gasteiger charge is 2.41. The van der Waals surface area contributed by atoms with E-state index in [0.29, 0.717) is 10.7 Å². The fourth-order valence-electron chi connectivity index (χ4n) is 1.39. The smallest absolute Gasteiger partial charge is 0.139 e. The van der Waals surface area contributed by atoms with Crippen LogP contribution in [0.4, 0.5) is 0 Å². The Labute approximate surface area is 86.2 Å². The normalized spacial score (nSPS) is 34.0. The molecule has 0 aromatic rings. The van der Waals surface area contributed by atoms with Gasteiger partial charge in [-0.1, -0.05) is 35.7 Å². The highest BCUT2D eigenvalue weighted by molar-refractivity contribution is 8.25. The first kappa shape index (κ1) is 8.84. The number of hydrogen-bond donors (Lipinski definition) is 0. The van der Waals surface area contributed by atoms with E-state index in [0.717, 1.165) is 10.9 Å². The lowest BCUT2D eigenvalue weighted by Gasteiger charge is -2.20. The summed E-state index contributed by atoms with van der Waals surface area (Å²) in [6.07, 6.45) is 0. The molecular formula is C7H10N2S3. The standard InChI is InChI=1S/C7H10N2S3/c1-3-9-6-5(12-7(9)10)8-4(2)11-6/h5-6H,3H2,1-2H3/t5-,6-/m0/s1. The molecule has 0 radical (unpaired) electrons. The molecule has 1 saturated heterocycles. The fraction of sp³-hybridized carbons (Fsp3) is 0.714. The quantitative estimate of drug-likeness (QED) is 0.626. The van der Waals surface area contributed by atoms with E-state index in [4.69, 9.17) is 12.2 Å². The number of rotatable bonds is 1. The van der Waals surface area contributed by atoms with Gasteiger partial charge in [-0.25, -0.2) is 0 Å². The van der Waals surface area contributed by atoms with E-state index >= 15 is 0 Å². The number of thioether (sulfide) groups is 2. The van der Waals surface area contributed by atoms with Crippen molar-refractivity contribution in [3.63, 3.8) is 0 Å². The van der Waals surface area contributed by atoms with E-state index in [1.165, 1.54) is 5.04 Å². The molecule has 2 atom stereocenters. The van der Waals surface area contributed by atoms with E-state index in [9.17, 15) is 0 Å². The van der Waals surface area contributed by atoms with Crippen LogP contribution in [0.3, 0.4) is 0 Å². The highest BCUT2D eigenvalue weighted by atomic mass is 32.2. The first-order chi connectivity index (χ1) is 5.72. The van der Waals surface area contributed by atoms with Crippen LogP contribution >= 0.6 is 35.7 Å². The van der Waals surface area contributed by atoms with Crippen molar-refractivity contribution in [2.24, 2.45) is 4.99 Å². The van der Waals surface area contributed by atoms with Crippen LogP contribution in [0.15, 0.2) is 4.99 Å². The zero-order valence-electron chi connectivity index (χ0n) is 6.98. The van der Waals surface area contributed by atoms with Crippen molar-refractivity contribution >= 4 is 45.1 Å². The first-order valence-electron chi connectivity index (χ1n) is 3.90. The minimum Gasteiger partial charge on any atom is -0.342 e. The molecule has 0 N–H and O–H groups in total. The number of thiocarbonyl (C=S) groups is 1. The molecule has 2 heterocycles. The molecule has 0 aliphatic carbocycles. The summed E-state index contributed by atoms with van der Waals surface area (Å²) in [6, 6.07) is 0. The zero-order valence-corrected chi connectivity index (χ0v) is 9.43. The third-order valence-electron chi connectivity index (χ3n) is 1.95. The van der Waals surface area contributed by atoms with E-state index in [1.54, 1.807) is 11.8 Å². The van der Waals surface area contributed by atoms with Crippen molar-refractivity contribution < 1.29 is 0 Å². The van der Waals surface area contributed by atoms with Crippen LogP contribution in [0.2, 0.25) is 0 Å². The second kappa shape index (κ2) is 3.20. The number of fused-ring (bicyclic) bond motifs is 1. The summed E-state index contributed by atoms with van der Waals surface area (Å²) in [5.41, 5.74) is 0. The van der Waals surface area contributed by atoms with Crippen molar-refractivity contribution in [2.45, 2.75) is 24.6 Å². The molecule has 5 heteroatoms. The molecule has 0 amide bonds. The minimum atomic E-state index is 0.363. The molecule has 2 nitrogen and oxygen atoms in total. The van der Waals surface area contributed by atoms with Crippen molar-refractivity contribution in [3.8, 4) is 0 Å². The maximum absolute atomic E-state index is 5.24. The number of nitrogens with zero attached hydrogens (tertiary/aromatic N) is 2. The maximum atomic E-state index is 5.24. The van der Waals surface area contributed by atoms with Gasteiger partial charge in [0.05, 0.1) is 5.04 Å². The first-order valence-corrected chi connectivity index (χ1v) is 6.07. The van der Waals surface area contributed by atoms with Crippen LogP contribution in [0.5, 0.6) is 0 Å². The van der Waals surface area contributed by atoms with Crippen LogP contribution in [-0.4, -0.2) is 31.6 Å². The Balaban J connectivity index is 2.18. The molecule has 2 rings (SSSR count). The van der Waals surface area contributed by atoms with Gasteiger partial charge in [-0.15, -0.1) is 0 Å². The number of likely N-dealkylation sites (N-methyl/N-ethyl adjacent to an activating group) is 1. The van der Waals surface area contributed by atoms with Gasteiger partial charge in [0.1, 0.15) is 15.1 Å². The predicted molar refractivity (Wildman–Crippen MR) is 60.8 cm³/mol. The van der Waals surface area contributed by atoms with Gasteiger partial charge in [-0.3, -0.25) is 4.99 Å². The minimum absolute atomic E-state index is 0.363. The molecule has 0 unspecified atom stereocenters. The number of aliphatic imine (C=N–C) groups is 1. The average molecular weight is 218 g/mol. The van der Waals surface area contributed by atoms with Gasteiger partial charge in [-0.2, -0.15) is 0 Å². The molecular weight excluding hydrogens is 208 g/mol. The summed E-state index contributed by atoms with van der Waals surface area (Å²) in [5.74, 6) is 0. The predicted octanol–water partition coefficient (Wildman–Crippen LogP) is 2.16. The van der Waals surface area contributed by atoms with E-state index in [1.807, 2.05) is 11.8 Å². The summed E-state index contributed by atoms with van der Waals surface area (Å²) in [4.78, 5) is 6.77. The Morgan fingerprint density at radius 3 is 3.00 bits per heavy atom. The van der Waals surface area contributed by atoms with Crippen LogP contribution in [0.25, 0.3) is 0 Å². The Kier molecular flexibility index (Phi) is 2.35. The second-order valence-corrected chi connectivity index (χ2v) is 5.78. The van der Waals surface area contributed by atoms with Gasteiger partial charge in [-0.05, 0) is 13.8 Å². The summed E-state index contributed by atoms with van der Waals surface area (Å²) in [6.45, 7) is 5.21. The lowest BCUT2D eigenvalue weighted by Crippen LogP contribution is -2.31. The second-order valence-electron chi connectivity index (χ2n) is 2.72. The van der Waals surface area contributed by atoms with E-state index < -0.39 is 0 Å². The van der Waals surface area contributed by atoms with Crippen molar-refractivity contribution in [3.05, 3.63) is 0 Å². The summed E-state index contributed by atoms with van der Waals surface area (Å²) in [5, 5.41) is 2.04. The molecule has 0 spiro atoms. The Hall–Kier alpha value is 0.260. The average Bonchev–Trinajstić information content (AvgIpc) is 2.43. The van der Waals surface area contributed by atoms with Gasteiger partial charge < -0.3 is 4.90 Å².